The summed E-state index contributed by atoms with van der Waals surface area (Å²) < 4.78 is 0. The Morgan fingerprint density at radius 2 is 1.48 bits per heavy atom. The van der Waals surface area contributed by atoms with E-state index in [0.29, 0.717) is 0 Å². The third-order valence-electron chi connectivity index (χ3n) is 4.68. The summed E-state index contributed by atoms with van der Waals surface area (Å²) in [5, 5.41) is 4.16. The number of hydrogen-bond donors (Lipinski definition) is 0. The van der Waals surface area contributed by atoms with Crippen LogP contribution in [0.1, 0.15) is 12.5 Å². The highest BCUT2D eigenvalue weighted by Gasteiger charge is 2.21. The molecular formula is C22H24Si. The van der Waals surface area contributed by atoms with E-state index in [4.69, 9.17) is 0 Å². The van der Waals surface area contributed by atoms with Crippen LogP contribution in [0.25, 0.3) is 16.3 Å². The molecule has 0 radical (unpaired) electrons. The van der Waals surface area contributed by atoms with Gasteiger partial charge >= 0.3 is 0 Å². The number of fused-ring (bicyclic) bond motifs is 1. The molecule has 0 spiro atoms. The molecule has 0 aliphatic carbocycles. The monoisotopic (exact) mass is 316 g/mol. The van der Waals surface area contributed by atoms with Crippen LogP contribution in [0.15, 0.2) is 78.9 Å². The van der Waals surface area contributed by atoms with Crippen LogP contribution in [0.3, 0.4) is 0 Å². The van der Waals surface area contributed by atoms with Crippen LogP contribution in [-0.2, 0) is 0 Å². The Labute approximate surface area is 140 Å². The van der Waals surface area contributed by atoms with Crippen molar-refractivity contribution in [1.82, 2.24) is 0 Å². The van der Waals surface area contributed by atoms with Crippen molar-refractivity contribution >= 4 is 29.6 Å². The van der Waals surface area contributed by atoms with Gasteiger partial charge in [-0.2, -0.15) is 0 Å². The summed E-state index contributed by atoms with van der Waals surface area (Å²) in [6.07, 6.45) is 2.43. The van der Waals surface area contributed by atoms with Crippen molar-refractivity contribution in [3.8, 4) is 0 Å². The Morgan fingerprint density at radius 3 is 2.22 bits per heavy atom. The van der Waals surface area contributed by atoms with Crippen LogP contribution in [0.4, 0.5) is 0 Å². The van der Waals surface area contributed by atoms with Crippen LogP contribution >= 0.6 is 0 Å². The molecule has 0 N–H and O–H groups in total. The van der Waals surface area contributed by atoms with Crippen LogP contribution in [-0.4, -0.2) is 8.07 Å². The Balaban J connectivity index is 1.83. The normalized spacial score (nSPS) is 12.6. The summed E-state index contributed by atoms with van der Waals surface area (Å²) in [4.78, 5) is 0. The molecule has 0 aliphatic heterocycles. The van der Waals surface area contributed by atoms with Crippen molar-refractivity contribution in [2.24, 2.45) is 0 Å². The molecule has 0 saturated heterocycles. The lowest BCUT2D eigenvalue weighted by molar-refractivity contribution is 1.49. The highest BCUT2D eigenvalue weighted by atomic mass is 28.3. The zero-order chi connectivity index (χ0) is 16.3. The van der Waals surface area contributed by atoms with Gasteiger partial charge in [0.25, 0.3) is 0 Å². The summed E-state index contributed by atoms with van der Waals surface area (Å²) in [7, 11) is -1.41. The summed E-state index contributed by atoms with van der Waals surface area (Å²) in [6.45, 7) is 7.14. The zero-order valence-corrected chi connectivity index (χ0v) is 15.2. The lowest BCUT2D eigenvalue weighted by atomic mass is 10.0. The quantitative estimate of drug-likeness (QED) is 0.529. The van der Waals surface area contributed by atoms with E-state index in [1.165, 1.54) is 33.1 Å². The first-order chi connectivity index (χ1) is 11.1. The van der Waals surface area contributed by atoms with E-state index in [2.05, 4.69) is 98.9 Å². The standard InChI is InChI=1S/C22H24Si/c1-18(15-16-23(2,3)22-11-5-4-6-12-22)20-14-13-19-9-7-8-10-21(19)17-20/h4-15,17H,16H2,1-3H3/b18-15+. The molecule has 0 unspecified atom stereocenters. The van der Waals surface area contributed by atoms with Crippen molar-refractivity contribution < 1.29 is 0 Å². The van der Waals surface area contributed by atoms with Crippen LogP contribution in [0.2, 0.25) is 19.1 Å². The molecule has 23 heavy (non-hydrogen) atoms. The van der Waals surface area contributed by atoms with Crippen LogP contribution in [0.5, 0.6) is 0 Å². The number of hydrogen-bond acceptors (Lipinski definition) is 0. The molecule has 0 heterocycles. The molecule has 3 rings (SSSR count). The van der Waals surface area contributed by atoms with Gasteiger partial charge in [-0.1, -0.05) is 91.1 Å². The second kappa shape index (κ2) is 6.55. The van der Waals surface area contributed by atoms with Gasteiger partial charge in [-0.15, -0.1) is 0 Å². The third-order valence-corrected chi connectivity index (χ3v) is 7.80. The van der Waals surface area contributed by atoms with Gasteiger partial charge in [0, 0.05) is 0 Å². The van der Waals surface area contributed by atoms with E-state index < -0.39 is 8.07 Å². The maximum Gasteiger partial charge on any atom is 0.0843 e. The molecule has 0 amide bonds. The molecule has 3 aromatic rings. The molecule has 0 bridgehead atoms. The van der Waals surface area contributed by atoms with E-state index in [0.717, 1.165) is 0 Å². The third kappa shape index (κ3) is 3.62. The minimum absolute atomic E-state index is 1.18. The first-order valence-corrected chi connectivity index (χ1v) is 11.5. The van der Waals surface area contributed by atoms with Gasteiger partial charge in [0.2, 0.25) is 0 Å². The molecule has 1 heteroatoms. The smallest absolute Gasteiger partial charge is 0.0833 e. The predicted molar refractivity (Wildman–Crippen MR) is 106 cm³/mol. The molecule has 0 aromatic heterocycles. The Morgan fingerprint density at radius 1 is 0.826 bits per heavy atom. The molecular weight excluding hydrogens is 292 g/mol. The first kappa shape index (κ1) is 15.8. The first-order valence-electron chi connectivity index (χ1n) is 8.28. The molecule has 0 nitrogen and oxygen atoms in total. The minimum Gasteiger partial charge on any atom is -0.0833 e. The average Bonchev–Trinajstić information content (AvgIpc) is 2.60. The van der Waals surface area contributed by atoms with Crippen molar-refractivity contribution in [1.29, 1.82) is 0 Å². The maximum atomic E-state index is 2.45. The van der Waals surface area contributed by atoms with Crippen molar-refractivity contribution in [2.75, 3.05) is 0 Å². The topological polar surface area (TPSA) is 0 Å². The largest absolute Gasteiger partial charge is 0.0843 e. The summed E-state index contributed by atoms with van der Waals surface area (Å²) in [5.74, 6) is 0. The van der Waals surface area contributed by atoms with Gasteiger partial charge in [0.05, 0.1) is 8.07 Å². The average molecular weight is 317 g/mol. The highest BCUT2D eigenvalue weighted by molar-refractivity contribution is 6.90. The lowest BCUT2D eigenvalue weighted by Crippen LogP contribution is -2.40. The number of allylic oxidation sites excluding steroid dienone is 2. The van der Waals surface area contributed by atoms with Crippen LogP contribution < -0.4 is 5.19 Å². The maximum absolute atomic E-state index is 2.45. The molecule has 0 saturated carbocycles. The van der Waals surface area contributed by atoms with E-state index in [9.17, 15) is 0 Å². The fourth-order valence-electron chi connectivity index (χ4n) is 2.97. The molecule has 0 atom stereocenters. The summed E-state index contributed by atoms with van der Waals surface area (Å²) in [5.41, 5.74) is 2.72. The van der Waals surface area contributed by atoms with Crippen LogP contribution in [0, 0.1) is 0 Å². The van der Waals surface area contributed by atoms with E-state index in [1.807, 2.05) is 0 Å². The number of benzene rings is 3. The molecule has 3 aromatic carbocycles. The summed E-state index contributed by atoms with van der Waals surface area (Å²) >= 11 is 0. The second-order valence-corrected chi connectivity index (χ2v) is 11.7. The van der Waals surface area contributed by atoms with E-state index >= 15 is 0 Å². The van der Waals surface area contributed by atoms with Gasteiger partial charge in [-0.25, -0.2) is 0 Å². The van der Waals surface area contributed by atoms with Crippen molar-refractivity contribution in [2.45, 2.75) is 26.1 Å². The van der Waals surface area contributed by atoms with Gasteiger partial charge in [0.1, 0.15) is 0 Å². The van der Waals surface area contributed by atoms with E-state index in [-0.39, 0.29) is 0 Å². The SMILES string of the molecule is C/C(=C\C[Si](C)(C)c1ccccc1)c1ccc2ccccc2c1. The van der Waals surface area contributed by atoms with Crippen molar-refractivity contribution in [3.63, 3.8) is 0 Å². The van der Waals surface area contributed by atoms with Gasteiger partial charge in [-0.3, -0.25) is 0 Å². The fraction of sp³-hybridized carbons (Fsp3) is 0.182. The Bertz CT molecular complexity index is 829. The zero-order valence-electron chi connectivity index (χ0n) is 14.2. The van der Waals surface area contributed by atoms with Gasteiger partial charge < -0.3 is 0 Å². The van der Waals surface area contributed by atoms with Gasteiger partial charge in [0.15, 0.2) is 0 Å². The Kier molecular flexibility index (Phi) is 4.49. The number of rotatable bonds is 4. The summed E-state index contributed by atoms with van der Waals surface area (Å²) in [6, 6.07) is 27.5. The van der Waals surface area contributed by atoms with E-state index in [1.54, 1.807) is 0 Å². The van der Waals surface area contributed by atoms with Crippen molar-refractivity contribution in [3.05, 3.63) is 84.4 Å². The van der Waals surface area contributed by atoms with Gasteiger partial charge in [-0.05, 0) is 40.9 Å². The molecule has 0 aliphatic rings. The molecule has 116 valence electrons. The Hall–Kier alpha value is -2.12. The minimum atomic E-state index is -1.41. The predicted octanol–water partition coefficient (Wildman–Crippen LogP) is 5.86. The fourth-order valence-corrected chi connectivity index (χ4v) is 5.11. The highest BCUT2D eigenvalue weighted by Crippen LogP contribution is 2.23. The lowest BCUT2D eigenvalue weighted by Gasteiger charge is -2.21. The molecule has 0 fully saturated rings. The second-order valence-electron chi connectivity index (χ2n) is 6.90.